The van der Waals surface area contributed by atoms with Gasteiger partial charge in [-0.2, -0.15) is 0 Å². The van der Waals surface area contributed by atoms with Crippen molar-refractivity contribution in [3.8, 4) is 12.3 Å². The van der Waals surface area contributed by atoms with E-state index in [1.54, 1.807) is 0 Å². The molecule has 0 aromatic carbocycles. The van der Waals surface area contributed by atoms with Crippen molar-refractivity contribution in [2.75, 3.05) is 39.3 Å². The predicted octanol–water partition coefficient (Wildman–Crippen LogP) is -0.484. The first-order valence-corrected chi connectivity index (χ1v) is 5.97. The van der Waals surface area contributed by atoms with Gasteiger partial charge in [-0.05, 0) is 0 Å². The zero-order valence-electron chi connectivity index (χ0n) is 9.61. The van der Waals surface area contributed by atoms with Crippen molar-refractivity contribution >= 4 is 5.91 Å². The van der Waals surface area contributed by atoms with Gasteiger partial charge >= 0.3 is 0 Å². The Morgan fingerprint density at radius 3 is 2.69 bits per heavy atom. The highest BCUT2D eigenvalue weighted by atomic mass is 16.2. The van der Waals surface area contributed by atoms with E-state index in [9.17, 15) is 4.79 Å². The Labute approximate surface area is 97.0 Å². The summed E-state index contributed by atoms with van der Waals surface area (Å²) in [5.74, 6) is 2.72. The molecule has 0 radical (unpaired) electrons. The van der Waals surface area contributed by atoms with E-state index in [1.807, 2.05) is 4.90 Å². The number of hydrogen-bond acceptors (Lipinski definition) is 3. The predicted molar refractivity (Wildman–Crippen MR) is 62.9 cm³/mol. The number of carbonyl (C=O) groups is 1. The second-order valence-corrected chi connectivity index (χ2v) is 4.44. The topological polar surface area (TPSA) is 35.6 Å². The summed E-state index contributed by atoms with van der Waals surface area (Å²) in [5.41, 5.74) is 0. The maximum Gasteiger partial charge on any atom is 0.223 e. The number of hydrogen-bond donors (Lipinski definition) is 1. The van der Waals surface area contributed by atoms with Gasteiger partial charge in [0.15, 0.2) is 0 Å². The van der Waals surface area contributed by atoms with Crippen LogP contribution in [0.4, 0.5) is 0 Å². The van der Waals surface area contributed by atoms with E-state index in [-0.39, 0.29) is 5.91 Å². The maximum absolute atomic E-state index is 11.6. The highest BCUT2D eigenvalue weighted by molar-refractivity contribution is 5.77. The molecule has 2 aliphatic heterocycles. The number of piperazine rings is 1. The standard InChI is InChI=1S/C12H19N3O/c1-2-3-4-12(16)15-9-11(10-15)14-7-5-13-6-8-14/h1,11,13H,3-10H2. The van der Waals surface area contributed by atoms with Crippen LogP contribution in [-0.2, 0) is 4.79 Å². The van der Waals surface area contributed by atoms with Crippen LogP contribution in [0.1, 0.15) is 12.8 Å². The molecule has 1 N–H and O–H groups in total. The van der Waals surface area contributed by atoms with Crippen LogP contribution < -0.4 is 5.32 Å². The van der Waals surface area contributed by atoms with E-state index < -0.39 is 0 Å². The van der Waals surface area contributed by atoms with Gasteiger partial charge in [0, 0.05) is 58.2 Å². The quantitative estimate of drug-likeness (QED) is 0.654. The van der Waals surface area contributed by atoms with Crippen molar-refractivity contribution in [2.45, 2.75) is 18.9 Å². The van der Waals surface area contributed by atoms with Crippen molar-refractivity contribution in [1.82, 2.24) is 15.1 Å². The van der Waals surface area contributed by atoms with E-state index in [1.165, 1.54) is 0 Å². The van der Waals surface area contributed by atoms with Crippen molar-refractivity contribution in [3.05, 3.63) is 0 Å². The minimum Gasteiger partial charge on any atom is -0.339 e. The first-order chi connectivity index (χ1) is 7.81. The van der Waals surface area contributed by atoms with E-state index in [2.05, 4.69) is 16.1 Å². The summed E-state index contributed by atoms with van der Waals surface area (Å²) in [6.07, 6.45) is 6.21. The molecule has 2 heterocycles. The van der Waals surface area contributed by atoms with E-state index in [4.69, 9.17) is 6.42 Å². The van der Waals surface area contributed by atoms with Crippen molar-refractivity contribution in [1.29, 1.82) is 0 Å². The number of terminal acetylenes is 1. The molecule has 0 atom stereocenters. The number of nitrogens with zero attached hydrogens (tertiary/aromatic N) is 2. The second kappa shape index (κ2) is 5.33. The van der Waals surface area contributed by atoms with E-state index >= 15 is 0 Å². The summed E-state index contributed by atoms with van der Waals surface area (Å²) < 4.78 is 0. The number of carbonyl (C=O) groups excluding carboxylic acids is 1. The molecule has 0 aromatic heterocycles. The molecular weight excluding hydrogens is 202 g/mol. The number of amides is 1. The van der Waals surface area contributed by atoms with Gasteiger partial charge < -0.3 is 10.2 Å². The Kier molecular flexibility index (Phi) is 3.81. The first kappa shape index (κ1) is 11.4. The summed E-state index contributed by atoms with van der Waals surface area (Å²) in [5, 5.41) is 3.34. The molecule has 0 bridgehead atoms. The third-order valence-corrected chi connectivity index (χ3v) is 3.37. The number of rotatable bonds is 3. The Balaban J connectivity index is 1.68. The third kappa shape index (κ3) is 2.55. The molecule has 4 heteroatoms. The minimum atomic E-state index is 0.212. The van der Waals surface area contributed by atoms with Gasteiger partial charge in [0.2, 0.25) is 5.91 Å². The Morgan fingerprint density at radius 2 is 2.06 bits per heavy atom. The van der Waals surface area contributed by atoms with Crippen LogP contribution in [0.3, 0.4) is 0 Å². The molecule has 0 saturated carbocycles. The smallest absolute Gasteiger partial charge is 0.223 e. The van der Waals surface area contributed by atoms with E-state index in [0.717, 1.165) is 39.3 Å². The summed E-state index contributed by atoms with van der Waals surface area (Å²) >= 11 is 0. The Hall–Kier alpha value is -1.05. The molecule has 2 aliphatic rings. The average molecular weight is 221 g/mol. The maximum atomic E-state index is 11.6. The highest BCUT2D eigenvalue weighted by Crippen LogP contribution is 2.16. The molecule has 2 saturated heterocycles. The molecule has 4 nitrogen and oxygen atoms in total. The fourth-order valence-electron chi connectivity index (χ4n) is 2.27. The molecule has 2 rings (SSSR count). The zero-order chi connectivity index (χ0) is 11.4. The SMILES string of the molecule is C#CCCC(=O)N1CC(N2CCNCC2)C1. The van der Waals surface area contributed by atoms with Gasteiger partial charge in [0.05, 0.1) is 0 Å². The van der Waals surface area contributed by atoms with Gasteiger partial charge in [0.25, 0.3) is 0 Å². The molecule has 0 spiro atoms. The molecule has 2 fully saturated rings. The van der Waals surface area contributed by atoms with Gasteiger partial charge in [0.1, 0.15) is 0 Å². The second-order valence-electron chi connectivity index (χ2n) is 4.44. The van der Waals surface area contributed by atoms with Gasteiger partial charge in [-0.15, -0.1) is 12.3 Å². The number of likely N-dealkylation sites (tertiary alicyclic amines) is 1. The van der Waals surface area contributed by atoms with Crippen molar-refractivity contribution < 1.29 is 4.79 Å². The van der Waals surface area contributed by atoms with Crippen molar-refractivity contribution in [2.24, 2.45) is 0 Å². The lowest BCUT2D eigenvalue weighted by Crippen LogP contribution is -2.63. The van der Waals surface area contributed by atoms with Crippen LogP contribution in [0.5, 0.6) is 0 Å². The van der Waals surface area contributed by atoms with E-state index in [0.29, 0.717) is 18.9 Å². The summed E-state index contributed by atoms with van der Waals surface area (Å²) in [6, 6.07) is 0.580. The lowest BCUT2D eigenvalue weighted by Gasteiger charge is -2.46. The summed E-state index contributed by atoms with van der Waals surface area (Å²) in [6.45, 7) is 6.14. The Bertz CT molecular complexity index is 285. The van der Waals surface area contributed by atoms with Crippen LogP contribution in [0.2, 0.25) is 0 Å². The third-order valence-electron chi connectivity index (χ3n) is 3.37. The van der Waals surface area contributed by atoms with Gasteiger partial charge in [-0.1, -0.05) is 0 Å². The van der Waals surface area contributed by atoms with Crippen LogP contribution >= 0.6 is 0 Å². The van der Waals surface area contributed by atoms with Crippen LogP contribution in [-0.4, -0.2) is 61.0 Å². The lowest BCUT2D eigenvalue weighted by atomic mass is 10.1. The van der Waals surface area contributed by atoms with Crippen LogP contribution in [0.15, 0.2) is 0 Å². The molecule has 0 unspecified atom stereocenters. The first-order valence-electron chi connectivity index (χ1n) is 5.97. The van der Waals surface area contributed by atoms with Crippen LogP contribution in [0, 0.1) is 12.3 Å². The largest absolute Gasteiger partial charge is 0.339 e. The molecule has 0 aliphatic carbocycles. The van der Waals surface area contributed by atoms with Gasteiger partial charge in [-0.25, -0.2) is 0 Å². The van der Waals surface area contributed by atoms with Gasteiger partial charge in [-0.3, -0.25) is 9.69 Å². The molecule has 1 amide bonds. The zero-order valence-corrected chi connectivity index (χ0v) is 9.61. The monoisotopic (exact) mass is 221 g/mol. The minimum absolute atomic E-state index is 0.212. The Morgan fingerprint density at radius 1 is 1.38 bits per heavy atom. The summed E-state index contributed by atoms with van der Waals surface area (Å²) in [4.78, 5) is 16.0. The summed E-state index contributed by atoms with van der Waals surface area (Å²) in [7, 11) is 0. The molecule has 16 heavy (non-hydrogen) atoms. The fraction of sp³-hybridized carbons (Fsp3) is 0.750. The molecule has 88 valence electrons. The normalized spacial score (nSPS) is 22.6. The van der Waals surface area contributed by atoms with Crippen molar-refractivity contribution in [3.63, 3.8) is 0 Å². The number of nitrogens with one attached hydrogen (secondary N) is 1. The average Bonchev–Trinajstić information content (AvgIpc) is 2.26. The highest BCUT2D eigenvalue weighted by Gasteiger charge is 2.34. The fourth-order valence-corrected chi connectivity index (χ4v) is 2.27. The molecule has 0 aromatic rings. The molecular formula is C12H19N3O. The lowest BCUT2D eigenvalue weighted by molar-refractivity contribution is -0.138. The van der Waals surface area contributed by atoms with Crippen LogP contribution in [0.25, 0.3) is 0 Å².